The average molecular weight is 1020 g/mol. The van der Waals surface area contributed by atoms with Crippen LogP contribution in [0.1, 0.15) is 44.9 Å². The van der Waals surface area contributed by atoms with Gasteiger partial charge in [-0.3, -0.25) is 4.98 Å². The minimum atomic E-state index is -5.37. The fourth-order valence-electron chi connectivity index (χ4n) is 8.31. The van der Waals surface area contributed by atoms with Gasteiger partial charge in [-0.15, -0.1) is 33.2 Å². The molecular weight excluding hydrogens is 973 g/mol. The molecule has 4 fully saturated rings. The number of pyridine rings is 1. The molecule has 0 radical (unpaired) electrons. The molecule has 6 aliphatic carbocycles. The van der Waals surface area contributed by atoms with Gasteiger partial charge in [0.15, 0.2) is 0 Å². The minimum absolute atomic E-state index is 0.00660. The molecule has 0 amide bonds. The zero-order valence-electron chi connectivity index (χ0n) is 30.7. The largest absolute Gasteiger partial charge is 0.511 e. The topological polar surface area (TPSA) is 165 Å². The Morgan fingerprint density at radius 1 is 0.610 bits per heavy atom. The van der Waals surface area contributed by atoms with Crippen LogP contribution in [0.5, 0.6) is 0 Å². The molecule has 0 saturated heterocycles. The van der Waals surface area contributed by atoms with Crippen LogP contribution in [0.4, 0.5) is 39.5 Å². The van der Waals surface area contributed by atoms with Gasteiger partial charge in [0.2, 0.25) is 0 Å². The number of halogens is 13. The minimum Gasteiger partial charge on any atom is -0.330 e. The summed E-state index contributed by atoms with van der Waals surface area (Å²) in [6.07, 6.45) is 19.0. The van der Waals surface area contributed by atoms with E-state index in [2.05, 4.69) is 33.9 Å². The zero-order chi connectivity index (χ0) is 44.8. The van der Waals surface area contributed by atoms with Crippen LogP contribution in [-0.4, -0.2) is 72.4 Å². The van der Waals surface area contributed by atoms with Crippen molar-refractivity contribution in [3.8, 4) is 0 Å². The molecule has 10 nitrogen and oxygen atoms in total. The Morgan fingerprint density at radius 2 is 1.05 bits per heavy atom. The second kappa shape index (κ2) is 20.7. The number of nitrogens with two attached hydrogens (primary N) is 1. The van der Waals surface area contributed by atoms with E-state index in [1.807, 2.05) is 24.3 Å². The SMILES string of the molecule is NCC1CC2C=CC1C2.O=S(=O)(Cl)C(F)(F)F.O=S(=O)(NCC1CC2C=CC1C2)C(F)(F)F.O=S(=O)(NCC1CC2CC1C([Si](Cl)(Cl)Cl)C2)C(F)(F)F.c1ccncc1. The van der Waals surface area contributed by atoms with Gasteiger partial charge in [-0.25, -0.2) is 34.7 Å². The Morgan fingerprint density at radius 3 is 1.32 bits per heavy atom. The van der Waals surface area contributed by atoms with Gasteiger partial charge in [0, 0.05) is 36.2 Å². The number of rotatable bonds is 8. The number of sulfonamides is 2. The van der Waals surface area contributed by atoms with Crippen LogP contribution in [0.2, 0.25) is 5.54 Å². The summed E-state index contributed by atoms with van der Waals surface area (Å²) in [4.78, 5) is 3.78. The summed E-state index contributed by atoms with van der Waals surface area (Å²) in [7, 11) is -12.0. The van der Waals surface area contributed by atoms with Crippen LogP contribution in [0, 0.1) is 53.3 Å². The van der Waals surface area contributed by atoms with E-state index in [1.165, 1.54) is 12.8 Å². The predicted octanol–water partition coefficient (Wildman–Crippen LogP) is 8.45. The predicted molar refractivity (Wildman–Crippen MR) is 209 cm³/mol. The number of nitrogens with one attached hydrogen (secondary N) is 2. The molecule has 7 rings (SSSR count). The monoisotopic (exact) mass is 1010 g/mol. The summed E-state index contributed by atoms with van der Waals surface area (Å²) < 4.78 is 171. The van der Waals surface area contributed by atoms with Crippen molar-refractivity contribution in [2.45, 2.75) is 67.0 Å². The number of allylic oxidation sites excluding steroid dienone is 4. The highest BCUT2D eigenvalue weighted by Crippen LogP contribution is 2.60. The molecule has 10 atom stereocenters. The van der Waals surface area contributed by atoms with Crippen molar-refractivity contribution in [2.75, 3.05) is 19.6 Å². The first kappa shape index (κ1) is 52.5. The van der Waals surface area contributed by atoms with E-state index < -0.39 is 51.6 Å². The van der Waals surface area contributed by atoms with Crippen LogP contribution < -0.4 is 15.2 Å². The number of hydrogen-bond acceptors (Lipinski definition) is 8. The lowest BCUT2D eigenvalue weighted by Crippen LogP contribution is -2.41. The van der Waals surface area contributed by atoms with E-state index in [-0.39, 0.29) is 42.3 Å². The van der Waals surface area contributed by atoms with E-state index in [0.29, 0.717) is 18.3 Å². The van der Waals surface area contributed by atoms with Crippen molar-refractivity contribution in [1.82, 2.24) is 14.4 Å². The van der Waals surface area contributed by atoms with Crippen molar-refractivity contribution in [3.05, 3.63) is 54.9 Å². The molecule has 1 aromatic rings. The maximum absolute atomic E-state index is 12.3. The van der Waals surface area contributed by atoms with Gasteiger partial charge in [-0.05, 0) is 122 Å². The molecule has 0 spiro atoms. The molecule has 6 aliphatic rings. The summed E-state index contributed by atoms with van der Waals surface area (Å²) in [5.74, 6) is 3.38. The standard InChI is InChI=1S/C9H13Cl3F3NO2SSi.C9H12F3NO2S.C8H13N.C5H5N.CClF3O2S/c10-20(11,12)8-3-5-1-6(7(8)2-5)4-16-19(17,18)9(13,14)15;10-9(11,12)16(14,15)13-5-8-4-6-1-2-7(8)3-6;9-5-8-4-6-1-2-7(8)3-6;1-2-4-6-5-3-1;2-8(6,7)1(3,4)5/h5-8,16H,1-4H2;1-2,6-8,13H,3-5H2;1-2,6-8H,3-5,9H2;1-5H;. The maximum atomic E-state index is 12.3. The molecule has 4 N–H and O–H groups in total. The number of alkyl halides is 9. The molecule has 0 aromatic carbocycles. The molecule has 27 heteroatoms. The Bertz CT molecular complexity index is 1890. The van der Waals surface area contributed by atoms with E-state index in [9.17, 15) is 64.8 Å². The fourth-order valence-corrected chi connectivity index (χ4v) is 13.3. The maximum Gasteiger partial charge on any atom is 0.511 e. The first-order chi connectivity index (χ1) is 26.9. The van der Waals surface area contributed by atoms with Crippen molar-refractivity contribution in [3.63, 3.8) is 0 Å². The first-order valence-electron chi connectivity index (χ1n) is 18.0. The van der Waals surface area contributed by atoms with Crippen molar-refractivity contribution < 1.29 is 64.8 Å². The second-order valence-electron chi connectivity index (χ2n) is 15.0. The molecule has 10 unspecified atom stereocenters. The normalized spacial score (nSPS) is 30.7. The Labute approximate surface area is 356 Å². The van der Waals surface area contributed by atoms with Gasteiger partial charge in [0.1, 0.15) is 0 Å². The second-order valence-corrected chi connectivity index (χ2v) is 30.0. The van der Waals surface area contributed by atoms with Gasteiger partial charge in [0.05, 0.1) is 0 Å². The Hall–Kier alpha value is -0.893. The molecular formula is C32H43Cl4F9N4O6S3Si. The smallest absolute Gasteiger partial charge is 0.330 e. The highest BCUT2D eigenvalue weighted by Gasteiger charge is 2.55. The number of aromatic nitrogens is 1. The molecule has 6 bridgehead atoms. The molecule has 340 valence electrons. The van der Waals surface area contributed by atoms with E-state index >= 15 is 0 Å². The third kappa shape index (κ3) is 15.4. The van der Waals surface area contributed by atoms with Crippen LogP contribution >= 0.6 is 43.9 Å². The van der Waals surface area contributed by atoms with Gasteiger partial charge in [0.25, 0.3) is 0 Å². The zero-order valence-corrected chi connectivity index (χ0v) is 37.1. The fraction of sp³-hybridized carbons (Fsp3) is 0.719. The first-order valence-corrected chi connectivity index (χ1v) is 28.4. The van der Waals surface area contributed by atoms with E-state index in [4.69, 9.17) is 39.0 Å². The van der Waals surface area contributed by atoms with Crippen molar-refractivity contribution in [2.24, 2.45) is 59.0 Å². The summed E-state index contributed by atoms with van der Waals surface area (Å²) in [5, 5.41) is 0. The lowest BCUT2D eigenvalue weighted by Gasteiger charge is -2.32. The molecule has 59 heavy (non-hydrogen) atoms. The lowest BCUT2D eigenvalue weighted by molar-refractivity contribution is -0.0454. The van der Waals surface area contributed by atoms with Gasteiger partial charge in [-0.1, -0.05) is 30.4 Å². The summed E-state index contributed by atoms with van der Waals surface area (Å²) >= 11 is 18.0. The molecule has 4 saturated carbocycles. The van der Waals surface area contributed by atoms with Crippen LogP contribution in [-0.2, 0) is 29.1 Å². The lowest BCUT2D eigenvalue weighted by atomic mass is 9.88. The summed E-state index contributed by atoms with van der Waals surface area (Å²) in [5.41, 5.74) is -10.3. The van der Waals surface area contributed by atoms with Crippen LogP contribution in [0.15, 0.2) is 54.9 Å². The van der Waals surface area contributed by atoms with E-state index in [1.54, 1.807) is 21.8 Å². The van der Waals surface area contributed by atoms with Crippen molar-refractivity contribution in [1.29, 1.82) is 0 Å². The summed E-state index contributed by atoms with van der Waals surface area (Å²) in [6.45, 7) is 0.535. The number of hydrogen-bond donors (Lipinski definition) is 3. The summed E-state index contributed by atoms with van der Waals surface area (Å²) in [6, 6.07) is 2.80. The van der Waals surface area contributed by atoms with Gasteiger partial charge >= 0.3 is 51.6 Å². The highest BCUT2D eigenvalue weighted by atomic mass is 35.8. The van der Waals surface area contributed by atoms with Crippen LogP contribution in [0.3, 0.4) is 0 Å². The molecule has 1 heterocycles. The quantitative estimate of drug-likeness (QED) is 0.0768. The Balaban J connectivity index is 0.000000211. The number of nitrogens with zero attached hydrogens (tertiary/aromatic N) is 1. The van der Waals surface area contributed by atoms with Gasteiger partial charge < -0.3 is 5.73 Å². The third-order valence-corrected chi connectivity index (χ3v) is 18.4. The van der Waals surface area contributed by atoms with Crippen LogP contribution in [0.25, 0.3) is 0 Å². The van der Waals surface area contributed by atoms with Gasteiger partial charge in [-0.2, -0.15) is 39.5 Å². The molecule has 1 aromatic heterocycles. The Kier molecular flexibility index (Phi) is 18.4. The highest BCUT2D eigenvalue weighted by molar-refractivity contribution is 8.14. The number of fused-ring (bicyclic) bond motifs is 6. The van der Waals surface area contributed by atoms with E-state index in [0.717, 1.165) is 50.0 Å². The average Bonchev–Trinajstić information content (AvgIpc) is 3.99. The molecule has 0 aliphatic heterocycles. The third-order valence-electron chi connectivity index (χ3n) is 11.0. The van der Waals surface area contributed by atoms with Crippen molar-refractivity contribution >= 4 is 79.0 Å².